The molecule has 0 aliphatic heterocycles. The van der Waals surface area contributed by atoms with Gasteiger partial charge in [0.1, 0.15) is 0 Å². The van der Waals surface area contributed by atoms with E-state index in [0.29, 0.717) is 0 Å². The Morgan fingerprint density at radius 1 is 0.278 bits per heavy atom. The van der Waals surface area contributed by atoms with Gasteiger partial charge in [-0.3, -0.25) is 81.4 Å². The van der Waals surface area contributed by atoms with Crippen molar-refractivity contribution in [1.82, 2.24) is 0 Å². The molecule has 0 aromatic rings. The monoisotopic (exact) mass is 995 g/mol. The van der Waals surface area contributed by atoms with Crippen LogP contribution in [-0.4, -0.2) is 133 Å². The summed E-state index contributed by atoms with van der Waals surface area (Å²) in [5.74, 6) is 0. The zero-order chi connectivity index (χ0) is 44.2. The molecule has 1 radical (unpaired) electrons. The van der Waals surface area contributed by atoms with Crippen molar-refractivity contribution in [2.45, 2.75) is 0 Å². The Morgan fingerprint density at radius 2 is 0.315 bits per heavy atom. The number of halogens is 1. The summed E-state index contributed by atoms with van der Waals surface area (Å²) < 4.78 is 175. The van der Waals surface area contributed by atoms with Crippen LogP contribution in [0.25, 0.3) is 0 Å². The van der Waals surface area contributed by atoms with Gasteiger partial charge in [0.05, 0.1) is 14.9 Å². The van der Waals surface area contributed by atoms with Crippen molar-refractivity contribution < 1.29 is 155 Å². The summed E-state index contributed by atoms with van der Waals surface area (Å²) >= 11 is 0. The van der Waals surface area contributed by atoms with E-state index in [0.717, 1.165) is 0 Å². The molecular formula is C18H55ClMnO28P6+2. The van der Waals surface area contributed by atoms with Crippen LogP contribution < -0.4 is 14.0 Å². The molecule has 0 atom stereocenters. The van der Waals surface area contributed by atoms with Gasteiger partial charge in [-0.1, -0.05) is 0 Å². The molecule has 0 aromatic carbocycles. The normalized spacial score (nSPS) is 11.7. The molecule has 0 fully saturated rings. The maximum atomic E-state index is 10.7. The van der Waals surface area contributed by atoms with Crippen LogP contribution in [0.3, 0.4) is 0 Å². The minimum atomic E-state index is -4.69. The minimum absolute atomic E-state index is 0. The first-order chi connectivity index (χ1) is 24.1. The zero-order valence-electron chi connectivity index (χ0n) is 32.9. The van der Waals surface area contributed by atoms with Crippen LogP contribution in [0.1, 0.15) is 0 Å². The maximum Gasteiger partial charge on any atom is 2.00 e. The molecule has 0 saturated carbocycles. The second-order valence-electron chi connectivity index (χ2n) is 6.37. The Morgan fingerprint density at radius 3 is 0.315 bits per heavy atom. The Balaban J connectivity index is -0.0000000763. The van der Waals surface area contributed by atoms with E-state index in [1.165, 1.54) is 128 Å². The average molecular weight is 996 g/mol. The van der Waals surface area contributed by atoms with Crippen molar-refractivity contribution in [1.29, 1.82) is 0 Å². The summed E-state index contributed by atoms with van der Waals surface area (Å²) in [6, 6.07) is 0. The fourth-order valence-electron chi connectivity index (χ4n) is 1.34. The van der Waals surface area contributed by atoms with E-state index in [4.69, 9.17) is 18.6 Å². The number of hydrogen-bond donors (Lipinski definition) is 1. The summed E-state index contributed by atoms with van der Waals surface area (Å²) in [6.07, 6.45) is 0. The van der Waals surface area contributed by atoms with E-state index in [1.807, 2.05) is 0 Å². The van der Waals surface area contributed by atoms with Crippen LogP contribution in [0, 0.1) is 10.2 Å². The van der Waals surface area contributed by atoms with Crippen molar-refractivity contribution in [2.75, 3.05) is 128 Å². The first-order valence-electron chi connectivity index (χ1n) is 12.4. The topological polar surface area (TPSA) is 358 Å². The van der Waals surface area contributed by atoms with E-state index in [9.17, 15) is 27.4 Å². The molecule has 1 N–H and O–H groups in total. The molecule has 0 amide bonds. The molecule has 36 heteroatoms. The van der Waals surface area contributed by atoms with Gasteiger partial charge in [0, 0.05) is 128 Å². The molecule has 337 valence electrons. The number of phosphoric acid groups is 6. The van der Waals surface area contributed by atoms with Gasteiger partial charge in [0.2, 0.25) is 0 Å². The molecule has 0 aliphatic carbocycles. The fourth-order valence-corrected chi connectivity index (χ4v) is 4.02. The summed E-state index contributed by atoms with van der Waals surface area (Å²) in [4.78, 5) is 0. The van der Waals surface area contributed by atoms with Gasteiger partial charge in [-0.2, -0.15) is 14.0 Å². The molecule has 0 heterocycles. The largest absolute Gasteiger partial charge is 2.00 e. The SMILES string of the molecule is COP(=O)(OC)OC.COP(=O)(OC)OC.COP(=O)(OC)OC.COP(=O)(OC)OC.COP(=O)(OC)OC.COP(=O)(OC)OC.[Mn+2].[O-][Cl+3]([O-])([O-])O. The number of rotatable bonds is 18. The molecule has 0 rings (SSSR count). The first-order valence-corrected chi connectivity index (χ1v) is 22.4. The van der Waals surface area contributed by atoms with E-state index in [-0.39, 0.29) is 17.1 Å². The van der Waals surface area contributed by atoms with Gasteiger partial charge < -0.3 is 0 Å². The van der Waals surface area contributed by atoms with E-state index >= 15 is 0 Å². The van der Waals surface area contributed by atoms with Crippen molar-refractivity contribution >= 4 is 46.9 Å². The second-order valence-corrected chi connectivity index (χ2v) is 19.1. The molecule has 0 aromatic heterocycles. The summed E-state index contributed by atoms with van der Waals surface area (Å²) in [5.41, 5.74) is 0. The van der Waals surface area contributed by atoms with Gasteiger partial charge in [-0.25, -0.2) is 27.4 Å². The van der Waals surface area contributed by atoms with Crippen molar-refractivity contribution in [3.05, 3.63) is 0 Å². The molecule has 0 saturated heterocycles. The Hall–Kier alpha value is 1.31. The molecule has 0 aliphatic rings. The quantitative estimate of drug-likeness (QED) is 0.152. The van der Waals surface area contributed by atoms with E-state index < -0.39 is 57.2 Å². The van der Waals surface area contributed by atoms with Gasteiger partial charge in [0.25, 0.3) is 0 Å². The summed E-state index contributed by atoms with van der Waals surface area (Å²) in [7, 11) is -1.03. The molecule has 0 bridgehead atoms. The van der Waals surface area contributed by atoms with Crippen molar-refractivity contribution in [2.24, 2.45) is 0 Å². The second kappa shape index (κ2) is 41.1. The third-order valence-electron chi connectivity index (χ3n) is 4.02. The molecule has 0 unspecified atom stereocenters. The van der Waals surface area contributed by atoms with Crippen LogP contribution >= 0.6 is 46.9 Å². The number of hydrogen-bond acceptors (Lipinski definition) is 28. The van der Waals surface area contributed by atoms with Crippen LogP contribution in [-0.2, 0) is 126 Å². The van der Waals surface area contributed by atoms with Crippen molar-refractivity contribution in [3.63, 3.8) is 0 Å². The van der Waals surface area contributed by atoms with Crippen LogP contribution in [0.2, 0.25) is 0 Å². The minimum Gasteiger partial charge on any atom is -0.290 e. The third-order valence-corrected chi connectivity index (χ3v) is 12.1. The molecular weight excluding hydrogens is 940 g/mol. The summed E-state index contributed by atoms with van der Waals surface area (Å²) in [5, 5.41) is 0. The smallest absolute Gasteiger partial charge is 0.290 e. The average Bonchev–Trinajstić information content (AvgIpc) is 3.19. The summed E-state index contributed by atoms with van der Waals surface area (Å²) in [6.45, 7) is 0. The van der Waals surface area contributed by atoms with Crippen LogP contribution in [0.4, 0.5) is 0 Å². The third kappa shape index (κ3) is 47.7. The number of phosphoric ester groups is 6. The predicted octanol–water partition coefficient (Wildman–Crippen LogP) is 2.08. The molecule has 28 nitrogen and oxygen atoms in total. The maximum absolute atomic E-state index is 10.7. The Kier molecular flexibility index (Phi) is 55.4. The van der Waals surface area contributed by atoms with Crippen LogP contribution in [0.15, 0.2) is 0 Å². The molecule has 54 heavy (non-hydrogen) atoms. The Labute approximate surface area is 329 Å². The van der Waals surface area contributed by atoms with Gasteiger partial charge >= 0.3 is 64.0 Å². The zero-order valence-corrected chi connectivity index (χ0v) is 40.2. The van der Waals surface area contributed by atoms with Gasteiger partial charge in [-0.05, 0) is 0 Å². The first kappa shape index (κ1) is 72.9. The van der Waals surface area contributed by atoms with E-state index in [1.54, 1.807) is 0 Å². The standard InChI is InChI=1S/6C3H9O4P.ClHO4.Mn/c6*1-5-8(4,6-2)7-3;2-1(3,4)5;/h6*1-3H3;(H,2,3,4,5);/q;;;;;;;+2. The predicted molar refractivity (Wildman–Crippen MR) is 174 cm³/mol. The van der Waals surface area contributed by atoms with Gasteiger partial charge in [0.15, 0.2) is 0 Å². The fraction of sp³-hybridized carbons (Fsp3) is 1.00. The van der Waals surface area contributed by atoms with Crippen molar-refractivity contribution in [3.8, 4) is 0 Å². The van der Waals surface area contributed by atoms with Gasteiger partial charge in [-0.15, -0.1) is 0 Å². The van der Waals surface area contributed by atoms with E-state index in [2.05, 4.69) is 81.4 Å². The van der Waals surface area contributed by atoms with Crippen LogP contribution in [0.5, 0.6) is 0 Å². The molecule has 0 spiro atoms. The Bertz CT molecular complexity index is 792.